The molecule has 0 spiro atoms. The summed E-state index contributed by atoms with van der Waals surface area (Å²) in [6, 6.07) is 15.9. The van der Waals surface area contributed by atoms with Crippen molar-refractivity contribution in [3.05, 3.63) is 70.8 Å². The van der Waals surface area contributed by atoms with Gasteiger partial charge in [-0.2, -0.15) is 0 Å². The number of aryl methyl sites for hydroxylation is 2. The summed E-state index contributed by atoms with van der Waals surface area (Å²) in [5.74, 6) is -0.260. The standard InChI is InChI=1S/C26H34O4/c1-21-13-9-11-15-23(21)19-29-25(27)17-7-5-3-4-6-8-18-26(28)30-20-24-16-12-10-14-22(24)2/h9-16H,3-8,17-20H2,1-2H3. The average Bonchev–Trinajstić information content (AvgIpc) is 2.74. The predicted octanol–water partition coefficient (Wildman–Crippen LogP) is 6.21. The number of esters is 2. The average molecular weight is 411 g/mol. The van der Waals surface area contributed by atoms with Gasteiger partial charge in [0.25, 0.3) is 0 Å². The highest BCUT2D eigenvalue weighted by molar-refractivity contribution is 5.69. The Balaban J connectivity index is 1.43. The van der Waals surface area contributed by atoms with E-state index in [1.807, 2.05) is 62.4 Å². The highest BCUT2D eigenvalue weighted by atomic mass is 16.5. The van der Waals surface area contributed by atoms with Crippen molar-refractivity contribution in [3.63, 3.8) is 0 Å². The SMILES string of the molecule is Cc1ccccc1COC(=O)CCCCCCCCC(=O)OCc1ccccc1C. The van der Waals surface area contributed by atoms with Gasteiger partial charge in [0.2, 0.25) is 0 Å². The lowest BCUT2D eigenvalue weighted by atomic mass is 10.1. The van der Waals surface area contributed by atoms with Gasteiger partial charge in [0.1, 0.15) is 13.2 Å². The molecule has 0 atom stereocenters. The number of ether oxygens (including phenoxy) is 2. The topological polar surface area (TPSA) is 52.6 Å². The number of unbranched alkanes of at least 4 members (excludes halogenated alkanes) is 5. The molecule has 0 heterocycles. The quantitative estimate of drug-likeness (QED) is 0.291. The molecule has 0 fully saturated rings. The highest BCUT2D eigenvalue weighted by Crippen LogP contribution is 2.13. The molecule has 0 radical (unpaired) electrons. The van der Waals surface area contributed by atoms with Crippen LogP contribution in [0.2, 0.25) is 0 Å². The number of benzene rings is 2. The van der Waals surface area contributed by atoms with Gasteiger partial charge in [-0.05, 0) is 48.9 Å². The van der Waals surface area contributed by atoms with Gasteiger partial charge in [0.05, 0.1) is 0 Å². The Kier molecular flexibility index (Phi) is 10.7. The summed E-state index contributed by atoms with van der Waals surface area (Å²) in [5.41, 5.74) is 4.40. The Bertz CT molecular complexity index is 730. The summed E-state index contributed by atoms with van der Waals surface area (Å²) >= 11 is 0. The van der Waals surface area contributed by atoms with Crippen molar-refractivity contribution in [1.82, 2.24) is 0 Å². The van der Waals surface area contributed by atoms with Crippen LogP contribution in [-0.2, 0) is 32.3 Å². The molecular weight excluding hydrogens is 376 g/mol. The van der Waals surface area contributed by atoms with Crippen LogP contribution in [0.15, 0.2) is 48.5 Å². The maximum absolute atomic E-state index is 11.8. The molecule has 0 N–H and O–H groups in total. The summed E-state index contributed by atoms with van der Waals surface area (Å²) < 4.78 is 10.7. The van der Waals surface area contributed by atoms with Crippen LogP contribution in [0.25, 0.3) is 0 Å². The van der Waals surface area contributed by atoms with Crippen LogP contribution >= 0.6 is 0 Å². The third-order valence-electron chi connectivity index (χ3n) is 5.31. The predicted molar refractivity (Wildman–Crippen MR) is 119 cm³/mol. The van der Waals surface area contributed by atoms with Gasteiger partial charge in [-0.15, -0.1) is 0 Å². The summed E-state index contributed by atoms with van der Waals surface area (Å²) in [7, 11) is 0. The third kappa shape index (κ3) is 9.25. The first-order valence-corrected chi connectivity index (χ1v) is 11.0. The molecule has 2 aromatic rings. The smallest absolute Gasteiger partial charge is 0.306 e. The zero-order valence-corrected chi connectivity index (χ0v) is 18.3. The molecule has 0 aliphatic heterocycles. The van der Waals surface area contributed by atoms with E-state index >= 15 is 0 Å². The van der Waals surface area contributed by atoms with Crippen LogP contribution in [0.1, 0.15) is 73.6 Å². The minimum absolute atomic E-state index is 0.130. The van der Waals surface area contributed by atoms with E-state index in [2.05, 4.69) is 0 Å². The molecule has 162 valence electrons. The van der Waals surface area contributed by atoms with Crippen molar-refractivity contribution < 1.29 is 19.1 Å². The molecule has 2 aromatic carbocycles. The molecule has 4 nitrogen and oxygen atoms in total. The summed E-state index contributed by atoms with van der Waals surface area (Å²) in [5, 5.41) is 0. The normalized spacial score (nSPS) is 10.6. The third-order valence-corrected chi connectivity index (χ3v) is 5.31. The van der Waals surface area contributed by atoms with Gasteiger partial charge in [-0.3, -0.25) is 9.59 Å². The number of hydrogen-bond acceptors (Lipinski definition) is 4. The van der Waals surface area contributed by atoms with Crippen molar-refractivity contribution in [2.24, 2.45) is 0 Å². The maximum atomic E-state index is 11.8. The number of hydrogen-bond donors (Lipinski definition) is 0. The van der Waals surface area contributed by atoms with Crippen LogP contribution in [-0.4, -0.2) is 11.9 Å². The van der Waals surface area contributed by atoms with E-state index in [1.54, 1.807) is 0 Å². The van der Waals surface area contributed by atoms with Crippen LogP contribution in [0.4, 0.5) is 0 Å². The van der Waals surface area contributed by atoms with E-state index in [4.69, 9.17) is 9.47 Å². The molecule has 0 unspecified atom stereocenters. The summed E-state index contributed by atoms with van der Waals surface area (Å²) in [6.07, 6.45) is 6.81. The molecular formula is C26H34O4. The van der Waals surface area contributed by atoms with Gasteiger partial charge < -0.3 is 9.47 Å². The Morgan fingerprint density at radius 1 is 0.600 bits per heavy atom. The lowest BCUT2D eigenvalue weighted by molar-refractivity contribution is -0.146. The fourth-order valence-electron chi connectivity index (χ4n) is 3.25. The van der Waals surface area contributed by atoms with E-state index in [1.165, 1.54) is 0 Å². The largest absolute Gasteiger partial charge is 0.461 e. The van der Waals surface area contributed by atoms with Crippen LogP contribution in [0, 0.1) is 13.8 Å². The highest BCUT2D eigenvalue weighted by Gasteiger charge is 2.06. The molecule has 0 aromatic heterocycles. The van der Waals surface area contributed by atoms with Gasteiger partial charge in [0, 0.05) is 12.8 Å². The number of carbonyl (C=O) groups is 2. The molecule has 0 bridgehead atoms. The number of rotatable bonds is 13. The van der Waals surface area contributed by atoms with E-state index in [9.17, 15) is 9.59 Å². The van der Waals surface area contributed by atoms with Crippen molar-refractivity contribution in [2.45, 2.75) is 78.4 Å². The Labute approximate surface area is 180 Å². The van der Waals surface area contributed by atoms with Crippen molar-refractivity contribution in [2.75, 3.05) is 0 Å². The molecule has 0 aliphatic rings. The molecule has 0 aliphatic carbocycles. The van der Waals surface area contributed by atoms with E-state index in [-0.39, 0.29) is 11.9 Å². The molecule has 0 saturated carbocycles. The molecule has 4 heteroatoms. The van der Waals surface area contributed by atoms with Crippen molar-refractivity contribution in [1.29, 1.82) is 0 Å². The lowest BCUT2D eigenvalue weighted by Gasteiger charge is -2.08. The van der Waals surface area contributed by atoms with E-state index < -0.39 is 0 Å². The minimum atomic E-state index is -0.130. The van der Waals surface area contributed by atoms with E-state index in [0.717, 1.165) is 60.8 Å². The zero-order valence-electron chi connectivity index (χ0n) is 18.3. The first kappa shape index (κ1) is 23.7. The van der Waals surface area contributed by atoms with Crippen LogP contribution in [0.5, 0.6) is 0 Å². The zero-order chi connectivity index (χ0) is 21.6. The van der Waals surface area contributed by atoms with E-state index in [0.29, 0.717) is 26.1 Å². The first-order chi connectivity index (χ1) is 14.6. The monoisotopic (exact) mass is 410 g/mol. The number of carbonyl (C=O) groups excluding carboxylic acids is 2. The van der Waals surface area contributed by atoms with Gasteiger partial charge >= 0.3 is 11.9 Å². The van der Waals surface area contributed by atoms with Gasteiger partial charge in [-0.1, -0.05) is 74.2 Å². The lowest BCUT2D eigenvalue weighted by Crippen LogP contribution is -2.05. The molecule has 2 rings (SSSR count). The summed E-state index contributed by atoms with van der Waals surface area (Å²) in [6.45, 7) is 4.75. The van der Waals surface area contributed by atoms with Gasteiger partial charge in [0.15, 0.2) is 0 Å². The Morgan fingerprint density at radius 2 is 0.967 bits per heavy atom. The second kappa shape index (κ2) is 13.6. The van der Waals surface area contributed by atoms with Crippen molar-refractivity contribution >= 4 is 11.9 Å². The molecule has 30 heavy (non-hydrogen) atoms. The molecule has 0 saturated heterocycles. The maximum Gasteiger partial charge on any atom is 0.306 e. The Hall–Kier alpha value is -2.62. The summed E-state index contributed by atoms with van der Waals surface area (Å²) in [4.78, 5) is 23.7. The minimum Gasteiger partial charge on any atom is -0.461 e. The second-order valence-corrected chi connectivity index (χ2v) is 7.80. The van der Waals surface area contributed by atoms with Crippen molar-refractivity contribution in [3.8, 4) is 0 Å². The van der Waals surface area contributed by atoms with Crippen LogP contribution in [0.3, 0.4) is 0 Å². The Morgan fingerprint density at radius 3 is 1.37 bits per heavy atom. The molecule has 0 amide bonds. The van der Waals surface area contributed by atoms with Crippen LogP contribution < -0.4 is 0 Å². The fraction of sp³-hybridized carbons (Fsp3) is 0.462. The first-order valence-electron chi connectivity index (χ1n) is 11.0. The van der Waals surface area contributed by atoms with Gasteiger partial charge in [-0.25, -0.2) is 0 Å². The fourth-order valence-corrected chi connectivity index (χ4v) is 3.25. The second-order valence-electron chi connectivity index (χ2n) is 7.80.